The molecule has 0 saturated carbocycles. The zero-order valence-electron chi connectivity index (χ0n) is 13.1. The number of carbonyl (C=O) groups is 1. The molecular weight excluding hydrogens is 315 g/mol. The number of urea groups is 1. The second-order valence-electron chi connectivity index (χ2n) is 5.17. The largest absolute Gasteiger partial charge is 0.466 e. The first-order valence-corrected chi connectivity index (χ1v) is 7.21. The van der Waals surface area contributed by atoms with Crippen LogP contribution in [0.4, 0.5) is 15.2 Å². The van der Waals surface area contributed by atoms with Crippen LogP contribution in [0, 0.1) is 19.7 Å². The molecule has 0 unspecified atom stereocenters. The van der Waals surface area contributed by atoms with Crippen molar-refractivity contribution < 1.29 is 18.0 Å². The van der Waals surface area contributed by atoms with Gasteiger partial charge in [-0.15, -0.1) is 5.10 Å². The maximum absolute atomic E-state index is 12.8. The maximum atomic E-state index is 12.8. The number of nitrogens with zero attached hydrogens (tertiary/aromatic N) is 2. The van der Waals surface area contributed by atoms with Gasteiger partial charge in [0, 0.05) is 6.54 Å². The Morgan fingerprint density at radius 3 is 2.58 bits per heavy atom. The lowest BCUT2D eigenvalue weighted by atomic mass is 10.2. The van der Waals surface area contributed by atoms with Gasteiger partial charge in [0.1, 0.15) is 17.3 Å². The highest BCUT2D eigenvalue weighted by atomic mass is 19.1. The number of halogens is 1. The number of aromatic nitrogens is 2. The van der Waals surface area contributed by atoms with Crippen molar-refractivity contribution in [2.24, 2.45) is 0 Å². The smallest absolute Gasteiger partial charge is 0.324 e. The number of furan rings is 1. The minimum absolute atomic E-state index is 0.0279. The molecule has 3 rings (SSSR count). The molecule has 0 aliphatic heterocycles. The summed E-state index contributed by atoms with van der Waals surface area (Å²) in [5.41, 5.74) is 1.45. The SMILES string of the molecule is Cc1cc(-c2nnc(NC(=O)NCc3ccc(F)cc3)o2)c(C)o1. The summed E-state index contributed by atoms with van der Waals surface area (Å²) >= 11 is 0. The Bertz CT molecular complexity index is 855. The van der Waals surface area contributed by atoms with Crippen molar-refractivity contribution >= 4 is 12.0 Å². The fraction of sp³-hybridized carbons (Fsp3) is 0.188. The predicted octanol–water partition coefficient (Wildman–Crippen LogP) is 3.41. The summed E-state index contributed by atoms with van der Waals surface area (Å²) < 4.78 is 23.6. The first kappa shape index (κ1) is 15.7. The van der Waals surface area contributed by atoms with Gasteiger partial charge in [0.25, 0.3) is 5.89 Å². The highest BCUT2D eigenvalue weighted by Crippen LogP contribution is 2.26. The summed E-state index contributed by atoms with van der Waals surface area (Å²) in [5, 5.41) is 12.7. The molecule has 8 heteroatoms. The first-order chi connectivity index (χ1) is 11.5. The molecule has 2 aromatic heterocycles. The normalized spacial score (nSPS) is 10.6. The van der Waals surface area contributed by atoms with E-state index in [0.717, 1.165) is 11.3 Å². The Hall–Kier alpha value is -3.16. The molecule has 0 fully saturated rings. The van der Waals surface area contributed by atoms with Crippen molar-refractivity contribution in [3.05, 3.63) is 53.2 Å². The van der Waals surface area contributed by atoms with Crippen molar-refractivity contribution in [2.45, 2.75) is 20.4 Å². The molecule has 2 heterocycles. The van der Waals surface area contributed by atoms with Crippen LogP contribution >= 0.6 is 0 Å². The molecule has 1 aromatic carbocycles. The van der Waals surface area contributed by atoms with Gasteiger partial charge in [0.2, 0.25) is 0 Å². The Balaban J connectivity index is 1.59. The molecule has 0 saturated heterocycles. The molecule has 24 heavy (non-hydrogen) atoms. The Morgan fingerprint density at radius 2 is 1.92 bits per heavy atom. The Kier molecular flexibility index (Phi) is 4.28. The molecule has 124 valence electrons. The quantitative estimate of drug-likeness (QED) is 0.764. The standard InChI is InChI=1S/C16H15FN4O3/c1-9-7-13(10(2)23-9)14-20-21-16(24-14)19-15(22)18-8-11-3-5-12(17)6-4-11/h3-7H,8H2,1-2H3,(H2,18,19,21,22). The number of anilines is 1. The van der Waals surface area contributed by atoms with Gasteiger partial charge in [0.05, 0.1) is 5.56 Å². The lowest BCUT2D eigenvalue weighted by molar-refractivity contribution is 0.251. The minimum Gasteiger partial charge on any atom is -0.466 e. The topological polar surface area (TPSA) is 93.2 Å². The Morgan fingerprint density at radius 1 is 1.17 bits per heavy atom. The zero-order valence-corrected chi connectivity index (χ0v) is 13.1. The molecule has 2 amide bonds. The summed E-state index contributed by atoms with van der Waals surface area (Å²) in [6.45, 7) is 3.84. The number of nitrogens with one attached hydrogen (secondary N) is 2. The van der Waals surface area contributed by atoms with Gasteiger partial charge in [-0.2, -0.15) is 0 Å². The van der Waals surface area contributed by atoms with Crippen LogP contribution in [0.5, 0.6) is 0 Å². The number of aryl methyl sites for hydroxylation is 2. The van der Waals surface area contributed by atoms with Crippen molar-refractivity contribution in [1.82, 2.24) is 15.5 Å². The van der Waals surface area contributed by atoms with Gasteiger partial charge in [-0.25, -0.2) is 9.18 Å². The van der Waals surface area contributed by atoms with Gasteiger partial charge in [0.15, 0.2) is 0 Å². The van der Waals surface area contributed by atoms with E-state index in [1.807, 2.05) is 6.92 Å². The molecule has 0 atom stereocenters. The third-order valence-electron chi connectivity index (χ3n) is 3.28. The number of rotatable bonds is 4. The molecule has 2 N–H and O–H groups in total. The van der Waals surface area contributed by atoms with Crippen LogP contribution in [0.15, 0.2) is 39.2 Å². The Labute approximate surface area is 136 Å². The van der Waals surface area contributed by atoms with Crippen LogP contribution in [0.25, 0.3) is 11.5 Å². The summed E-state index contributed by atoms with van der Waals surface area (Å²) in [4.78, 5) is 11.8. The second-order valence-corrected chi connectivity index (χ2v) is 5.17. The van der Waals surface area contributed by atoms with Gasteiger partial charge in [-0.3, -0.25) is 5.32 Å². The molecule has 0 aliphatic rings. The molecule has 0 spiro atoms. The van der Waals surface area contributed by atoms with Crippen LogP contribution in [-0.4, -0.2) is 16.2 Å². The molecular formula is C16H15FN4O3. The number of hydrogen-bond acceptors (Lipinski definition) is 5. The number of hydrogen-bond donors (Lipinski definition) is 2. The van der Waals surface area contributed by atoms with Gasteiger partial charge in [-0.1, -0.05) is 17.2 Å². The number of benzene rings is 1. The van der Waals surface area contributed by atoms with E-state index in [9.17, 15) is 9.18 Å². The number of amides is 2. The van der Waals surface area contributed by atoms with Crippen LogP contribution in [0.1, 0.15) is 17.1 Å². The van der Waals surface area contributed by atoms with Gasteiger partial charge < -0.3 is 14.2 Å². The lowest BCUT2D eigenvalue weighted by Gasteiger charge is -2.04. The van der Waals surface area contributed by atoms with Crippen LogP contribution in [0.3, 0.4) is 0 Å². The van der Waals surface area contributed by atoms with E-state index in [2.05, 4.69) is 20.8 Å². The van der Waals surface area contributed by atoms with E-state index in [1.54, 1.807) is 25.1 Å². The average Bonchev–Trinajstić information content (AvgIpc) is 3.12. The van der Waals surface area contributed by atoms with Crippen LogP contribution in [-0.2, 0) is 6.54 Å². The van der Waals surface area contributed by atoms with Crippen molar-refractivity contribution in [2.75, 3.05) is 5.32 Å². The van der Waals surface area contributed by atoms with E-state index in [0.29, 0.717) is 11.3 Å². The van der Waals surface area contributed by atoms with E-state index < -0.39 is 6.03 Å². The molecule has 0 aliphatic carbocycles. The monoisotopic (exact) mass is 330 g/mol. The molecule has 0 bridgehead atoms. The fourth-order valence-electron chi connectivity index (χ4n) is 2.15. The molecule has 7 nitrogen and oxygen atoms in total. The van der Waals surface area contributed by atoms with Crippen LogP contribution in [0.2, 0.25) is 0 Å². The number of carbonyl (C=O) groups excluding carboxylic acids is 1. The van der Waals surface area contributed by atoms with E-state index in [1.165, 1.54) is 12.1 Å². The third kappa shape index (κ3) is 3.60. The average molecular weight is 330 g/mol. The van der Waals surface area contributed by atoms with Crippen LogP contribution < -0.4 is 10.6 Å². The first-order valence-electron chi connectivity index (χ1n) is 7.21. The summed E-state index contributed by atoms with van der Waals surface area (Å²) in [6.07, 6.45) is 0. The summed E-state index contributed by atoms with van der Waals surface area (Å²) in [7, 11) is 0. The summed E-state index contributed by atoms with van der Waals surface area (Å²) in [6, 6.07) is 7.08. The van der Waals surface area contributed by atoms with E-state index in [-0.39, 0.29) is 24.3 Å². The summed E-state index contributed by atoms with van der Waals surface area (Å²) in [5.74, 6) is 1.32. The highest BCUT2D eigenvalue weighted by Gasteiger charge is 2.15. The third-order valence-corrected chi connectivity index (χ3v) is 3.28. The highest BCUT2D eigenvalue weighted by molar-refractivity contribution is 5.86. The minimum atomic E-state index is -0.505. The van der Waals surface area contributed by atoms with Crippen molar-refractivity contribution in [1.29, 1.82) is 0 Å². The predicted molar refractivity (Wildman–Crippen MR) is 83.7 cm³/mol. The maximum Gasteiger partial charge on any atom is 0.324 e. The molecule has 0 radical (unpaired) electrons. The van der Waals surface area contributed by atoms with Crippen molar-refractivity contribution in [3.63, 3.8) is 0 Å². The molecule has 3 aromatic rings. The van der Waals surface area contributed by atoms with E-state index >= 15 is 0 Å². The van der Waals surface area contributed by atoms with Crippen molar-refractivity contribution in [3.8, 4) is 11.5 Å². The van der Waals surface area contributed by atoms with E-state index in [4.69, 9.17) is 8.83 Å². The van der Waals surface area contributed by atoms with Gasteiger partial charge in [-0.05, 0) is 37.6 Å². The zero-order chi connectivity index (χ0) is 17.1. The second kappa shape index (κ2) is 6.53. The van der Waals surface area contributed by atoms with Gasteiger partial charge >= 0.3 is 12.0 Å². The fourth-order valence-corrected chi connectivity index (χ4v) is 2.15. The lowest BCUT2D eigenvalue weighted by Crippen LogP contribution is -2.28.